The monoisotopic (exact) mass is 228 g/mol. The highest BCUT2D eigenvalue weighted by Crippen LogP contribution is 2.18. The molecule has 4 heteroatoms. The van der Waals surface area contributed by atoms with E-state index in [1.54, 1.807) is 12.0 Å². The van der Waals surface area contributed by atoms with Crippen LogP contribution >= 0.6 is 0 Å². The van der Waals surface area contributed by atoms with Crippen molar-refractivity contribution in [2.24, 2.45) is 5.92 Å². The summed E-state index contributed by atoms with van der Waals surface area (Å²) in [7, 11) is 3.53. The fraction of sp³-hybridized carbons (Fsp3) is 0.917. The van der Waals surface area contributed by atoms with E-state index in [0.29, 0.717) is 13.2 Å². The van der Waals surface area contributed by atoms with E-state index >= 15 is 0 Å². The second-order valence-corrected chi connectivity index (χ2v) is 4.54. The Bertz CT molecular complexity index is 221. The van der Waals surface area contributed by atoms with E-state index < -0.39 is 0 Å². The molecule has 16 heavy (non-hydrogen) atoms. The molecule has 0 saturated carbocycles. The van der Waals surface area contributed by atoms with E-state index in [0.717, 1.165) is 26.1 Å². The van der Waals surface area contributed by atoms with Crippen LogP contribution in [0.3, 0.4) is 0 Å². The second-order valence-electron chi connectivity index (χ2n) is 4.54. The highest BCUT2D eigenvalue weighted by molar-refractivity contribution is 5.79. The summed E-state index contributed by atoms with van der Waals surface area (Å²) in [4.78, 5) is 16.2. The van der Waals surface area contributed by atoms with Crippen molar-refractivity contribution in [2.45, 2.75) is 19.8 Å². The van der Waals surface area contributed by atoms with Crippen molar-refractivity contribution < 1.29 is 9.53 Å². The van der Waals surface area contributed by atoms with E-state index in [2.05, 4.69) is 11.8 Å². The van der Waals surface area contributed by atoms with Crippen LogP contribution in [0.4, 0.5) is 0 Å². The number of likely N-dealkylation sites (N-methyl/N-ethyl adjacent to an activating group) is 1. The Kier molecular flexibility index (Phi) is 5.77. The van der Waals surface area contributed by atoms with Gasteiger partial charge < -0.3 is 14.5 Å². The van der Waals surface area contributed by atoms with Crippen molar-refractivity contribution in [3.05, 3.63) is 0 Å². The molecule has 1 amide bonds. The molecule has 0 spiro atoms. The van der Waals surface area contributed by atoms with E-state index in [9.17, 15) is 4.79 Å². The summed E-state index contributed by atoms with van der Waals surface area (Å²) in [5, 5.41) is 0. The average Bonchev–Trinajstić information content (AvgIpc) is 2.74. The van der Waals surface area contributed by atoms with E-state index in [-0.39, 0.29) is 11.8 Å². The Morgan fingerprint density at radius 3 is 2.94 bits per heavy atom. The number of methoxy groups -OCH3 is 1. The van der Waals surface area contributed by atoms with Crippen LogP contribution in [0.1, 0.15) is 19.8 Å². The minimum Gasteiger partial charge on any atom is -0.383 e. The highest BCUT2D eigenvalue weighted by atomic mass is 16.5. The first-order valence-corrected chi connectivity index (χ1v) is 6.15. The van der Waals surface area contributed by atoms with Gasteiger partial charge in [0.05, 0.1) is 12.5 Å². The third-order valence-corrected chi connectivity index (χ3v) is 3.17. The smallest absolute Gasteiger partial charge is 0.226 e. The number of hydrogen-bond donors (Lipinski definition) is 0. The van der Waals surface area contributed by atoms with Crippen LogP contribution in [0.15, 0.2) is 0 Å². The van der Waals surface area contributed by atoms with Gasteiger partial charge in [-0.1, -0.05) is 6.92 Å². The topological polar surface area (TPSA) is 32.8 Å². The van der Waals surface area contributed by atoms with Crippen LogP contribution in [0.2, 0.25) is 0 Å². The Labute approximate surface area is 98.5 Å². The summed E-state index contributed by atoms with van der Waals surface area (Å²) in [5.74, 6) is 0.476. The molecule has 0 aromatic rings. The van der Waals surface area contributed by atoms with Gasteiger partial charge in [0, 0.05) is 27.2 Å². The molecule has 0 radical (unpaired) electrons. The molecule has 0 aliphatic carbocycles. The van der Waals surface area contributed by atoms with Crippen LogP contribution in [0.25, 0.3) is 0 Å². The lowest BCUT2D eigenvalue weighted by Gasteiger charge is -2.21. The predicted molar refractivity (Wildman–Crippen MR) is 64.4 cm³/mol. The lowest BCUT2D eigenvalue weighted by molar-refractivity contribution is -0.134. The van der Waals surface area contributed by atoms with Gasteiger partial charge >= 0.3 is 0 Å². The van der Waals surface area contributed by atoms with Gasteiger partial charge in [-0.2, -0.15) is 0 Å². The maximum absolute atomic E-state index is 12.0. The van der Waals surface area contributed by atoms with Crippen molar-refractivity contribution in [3.63, 3.8) is 0 Å². The quantitative estimate of drug-likeness (QED) is 0.675. The van der Waals surface area contributed by atoms with Crippen molar-refractivity contribution >= 4 is 5.91 Å². The molecule has 1 heterocycles. The summed E-state index contributed by atoms with van der Waals surface area (Å²) < 4.78 is 4.98. The number of carbonyl (C=O) groups excluding carboxylic acids is 1. The van der Waals surface area contributed by atoms with E-state index in [1.165, 1.54) is 6.42 Å². The molecule has 94 valence electrons. The van der Waals surface area contributed by atoms with Gasteiger partial charge in [-0.3, -0.25) is 4.79 Å². The minimum absolute atomic E-state index is 0.202. The van der Waals surface area contributed by atoms with Crippen LogP contribution < -0.4 is 0 Å². The average molecular weight is 228 g/mol. The lowest BCUT2D eigenvalue weighted by Crippen LogP contribution is -2.36. The van der Waals surface area contributed by atoms with Gasteiger partial charge in [-0.05, 0) is 25.9 Å². The normalized spacial score (nSPS) is 21.3. The third-order valence-electron chi connectivity index (χ3n) is 3.17. The molecule has 1 aliphatic rings. The molecule has 1 rings (SSSR count). The van der Waals surface area contributed by atoms with Crippen molar-refractivity contribution in [3.8, 4) is 0 Å². The molecule has 0 N–H and O–H groups in total. The Morgan fingerprint density at radius 1 is 1.56 bits per heavy atom. The number of amides is 1. The molecule has 4 nitrogen and oxygen atoms in total. The summed E-state index contributed by atoms with van der Waals surface area (Å²) in [6, 6.07) is 0. The first-order valence-electron chi connectivity index (χ1n) is 6.15. The number of ether oxygens (including phenoxy) is 1. The van der Waals surface area contributed by atoms with Gasteiger partial charge in [-0.25, -0.2) is 0 Å². The zero-order valence-corrected chi connectivity index (χ0v) is 10.7. The van der Waals surface area contributed by atoms with Crippen LogP contribution in [-0.2, 0) is 9.53 Å². The van der Waals surface area contributed by atoms with E-state index in [4.69, 9.17) is 4.74 Å². The molecule has 1 atom stereocenters. The first kappa shape index (κ1) is 13.5. The van der Waals surface area contributed by atoms with Crippen molar-refractivity contribution in [1.29, 1.82) is 0 Å². The molecular formula is C12H24N2O2. The Hall–Kier alpha value is -0.610. The molecular weight excluding hydrogens is 204 g/mol. The largest absolute Gasteiger partial charge is 0.383 e. The zero-order valence-electron chi connectivity index (χ0n) is 10.7. The summed E-state index contributed by atoms with van der Waals surface area (Å²) in [6.07, 6.45) is 2.18. The maximum Gasteiger partial charge on any atom is 0.226 e. The van der Waals surface area contributed by atoms with Crippen LogP contribution in [-0.4, -0.2) is 62.7 Å². The first-order chi connectivity index (χ1) is 7.69. The number of hydrogen-bond acceptors (Lipinski definition) is 3. The molecule has 1 aliphatic heterocycles. The Balaban J connectivity index is 2.32. The molecule has 1 unspecified atom stereocenters. The molecule has 1 saturated heterocycles. The zero-order chi connectivity index (χ0) is 12.0. The van der Waals surface area contributed by atoms with Crippen molar-refractivity contribution in [2.75, 3.05) is 46.9 Å². The van der Waals surface area contributed by atoms with Gasteiger partial charge in [-0.15, -0.1) is 0 Å². The molecule has 0 aromatic heterocycles. The van der Waals surface area contributed by atoms with Crippen LogP contribution in [0.5, 0.6) is 0 Å². The molecule has 1 fully saturated rings. The molecule has 0 bridgehead atoms. The standard InChI is InChI=1S/C12H24N2O2/c1-4-6-14-7-5-11(10-14)12(15)13(2)8-9-16-3/h11H,4-10H2,1-3H3. The van der Waals surface area contributed by atoms with Gasteiger partial charge in [0.15, 0.2) is 0 Å². The maximum atomic E-state index is 12.0. The second kappa shape index (κ2) is 6.86. The van der Waals surface area contributed by atoms with E-state index in [1.807, 2.05) is 7.05 Å². The number of rotatable bonds is 6. The summed E-state index contributed by atoms with van der Waals surface area (Å²) in [5.41, 5.74) is 0. The third kappa shape index (κ3) is 3.76. The lowest BCUT2D eigenvalue weighted by atomic mass is 10.1. The van der Waals surface area contributed by atoms with Gasteiger partial charge in [0.2, 0.25) is 5.91 Å². The summed E-state index contributed by atoms with van der Waals surface area (Å²) in [6.45, 7) is 6.62. The van der Waals surface area contributed by atoms with Gasteiger partial charge in [0.25, 0.3) is 0 Å². The highest BCUT2D eigenvalue weighted by Gasteiger charge is 2.29. The van der Waals surface area contributed by atoms with Crippen LogP contribution in [0, 0.1) is 5.92 Å². The van der Waals surface area contributed by atoms with Crippen molar-refractivity contribution in [1.82, 2.24) is 9.80 Å². The summed E-state index contributed by atoms with van der Waals surface area (Å²) >= 11 is 0. The fourth-order valence-electron chi connectivity index (χ4n) is 2.20. The molecule has 0 aromatic carbocycles. The minimum atomic E-state index is 0.202. The number of carbonyl (C=O) groups is 1. The predicted octanol–water partition coefficient (Wildman–Crippen LogP) is 0.823. The fourth-order valence-corrected chi connectivity index (χ4v) is 2.20. The number of nitrogens with zero attached hydrogens (tertiary/aromatic N) is 2. The van der Waals surface area contributed by atoms with Gasteiger partial charge in [0.1, 0.15) is 0 Å². The SMILES string of the molecule is CCCN1CCC(C(=O)N(C)CCOC)C1. The number of likely N-dealkylation sites (tertiary alicyclic amines) is 1. The Morgan fingerprint density at radius 2 is 2.31 bits per heavy atom.